The van der Waals surface area contributed by atoms with Crippen molar-refractivity contribution < 1.29 is 14.1 Å². The van der Waals surface area contributed by atoms with Crippen LogP contribution in [0.1, 0.15) is 44.3 Å². The van der Waals surface area contributed by atoms with Gasteiger partial charge in [0.05, 0.1) is 12.5 Å². The number of rotatable bonds is 5. The van der Waals surface area contributed by atoms with E-state index in [2.05, 4.69) is 15.5 Å². The molecule has 7 nitrogen and oxygen atoms in total. The first-order valence-corrected chi connectivity index (χ1v) is 8.19. The van der Waals surface area contributed by atoms with Crippen molar-refractivity contribution in [3.8, 4) is 5.75 Å². The smallest absolute Gasteiger partial charge is 0.321 e. The molecule has 2 aromatic rings. The van der Waals surface area contributed by atoms with E-state index in [9.17, 15) is 4.79 Å². The Kier molecular flexibility index (Phi) is 4.69. The molecule has 1 aliphatic rings. The molecule has 128 valence electrons. The van der Waals surface area contributed by atoms with Crippen molar-refractivity contribution in [1.29, 1.82) is 0 Å². The van der Waals surface area contributed by atoms with Crippen molar-refractivity contribution in [2.24, 2.45) is 0 Å². The molecule has 7 heteroatoms. The Morgan fingerprint density at radius 1 is 1.38 bits per heavy atom. The van der Waals surface area contributed by atoms with Crippen LogP contribution >= 0.6 is 0 Å². The van der Waals surface area contributed by atoms with E-state index in [1.165, 1.54) is 0 Å². The first kappa shape index (κ1) is 16.3. The Morgan fingerprint density at radius 2 is 2.08 bits per heavy atom. The van der Waals surface area contributed by atoms with Crippen LogP contribution in [0.25, 0.3) is 0 Å². The number of ether oxygens (including phenoxy) is 1. The summed E-state index contributed by atoms with van der Waals surface area (Å²) in [7, 11) is 0. The maximum Gasteiger partial charge on any atom is 0.321 e. The summed E-state index contributed by atoms with van der Waals surface area (Å²) < 4.78 is 10.7. The number of benzene rings is 1. The average Bonchev–Trinajstić information content (AvgIpc) is 2.98. The lowest BCUT2D eigenvalue weighted by Crippen LogP contribution is -2.50. The molecule has 0 saturated carbocycles. The summed E-state index contributed by atoms with van der Waals surface area (Å²) in [6.45, 7) is 7.77. The summed E-state index contributed by atoms with van der Waals surface area (Å²) in [5, 5.41) is 6.84. The van der Waals surface area contributed by atoms with Gasteiger partial charge in [0, 0.05) is 24.7 Å². The molecule has 24 heavy (non-hydrogen) atoms. The number of aromatic nitrogens is 2. The van der Waals surface area contributed by atoms with Gasteiger partial charge in [0.2, 0.25) is 5.89 Å². The maximum absolute atomic E-state index is 12.2. The van der Waals surface area contributed by atoms with E-state index in [-0.39, 0.29) is 17.9 Å². The number of hydrogen-bond donors (Lipinski definition) is 1. The minimum absolute atomic E-state index is 0.121. The van der Waals surface area contributed by atoms with Gasteiger partial charge in [-0.1, -0.05) is 19.0 Å². The van der Waals surface area contributed by atoms with Gasteiger partial charge in [-0.05, 0) is 31.2 Å². The van der Waals surface area contributed by atoms with Gasteiger partial charge in [-0.3, -0.25) is 0 Å². The zero-order valence-corrected chi connectivity index (χ0v) is 14.2. The predicted molar refractivity (Wildman–Crippen MR) is 89.3 cm³/mol. The highest BCUT2D eigenvalue weighted by Gasteiger charge is 2.35. The average molecular weight is 330 g/mol. The molecule has 1 saturated heterocycles. The van der Waals surface area contributed by atoms with E-state index in [1.807, 2.05) is 45.0 Å². The summed E-state index contributed by atoms with van der Waals surface area (Å²) in [5.74, 6) is 2.47. The van der Waals surface area contributed by atoms with Crippen LogP contribution in [0.15, 0.2) is 28.8 Å². The molecule has 0 atom stereocenters. The Hall–Kier alpha value is -2.57. The molecule has 1 aliphatic heterocycles. The third kappa shape index (κ3) is 3.50. The number of amides is 2. The summed E-state index contributed by atoms with van der Waals surface area (Å²) >= 11 is 0. The Balaban J connectivity index is 1.50. The molecule has 1 aromatic heterocycles. The largest absolute Gasteiger partial charge is 0.494 e. The second-order valence-corrected chi connectivity index (χ2v) is 6.13. The van der Waals surface area contributed by atoms with Gasteiger partial charge in [-0.15, -0.1) is 0 Å². The number of carbonyl (C=O) groups is 1. The number of nitrogens with zero attached hydrogens (tertiary/aromatic N) is 3. The molecule has 0 radical (unpaired) electrons. The lowest BCUT2D eigenvalue weighted by molar-refractivity contribution is 0.147. The van der Waals surface area contributed by atoms with E-state index in [0.717, 1.165) is 11.4 Å². The van der Waals surface area contributed by atoms with Crippen molar-refractivity contribution in [3.63, 3.8) is 0 Å². The summed E-state index contributed by atoms with van der Waals surface area (Å²) in [5.41, 5.74) is 0.742. The highest BCUT2D eigenvalue weighted by atomic mass is 16.5. The molecule has 2 amide bonds. The Labute approximate surface area is 141 Å². The van der Waals surface area contributed by atoms with Gasteiger partial charge in [-0.2, -0.15) is 4.98 Å². The molecule has 1 N–H and O–H groups in total. The van der Waals surface area contributed by atoms with E-state index in [0.29, 0.717) is 31.4 Å². The van der Waals surface area contributed by atoms with Crippen LogP contribution in [0.2, 0.25) is 0 Å². The predicted octanol–water partition coefficient (Wildman–Crippen LogP) is 3.22. The third-order valence-electron chi connectivity index (χ3n) is 3.91. The minimum Gasteiger partial charge on any atom is -0.494 e. The maximum atomic E-state index is 12.2. The number of urea groups is 1. The van der Waals surface area contributed by atoms with Crippen LogP contribution in [-0.2, 0) is 0 Å². The molecule has 0 aliphatic carbocycles. The molecule has 0 bridgehead atoms. The summed E-state index contributed by atoms with van der Waals surface area (Å²) in [6, 6.07) is 7.20. The van der Waals surface area contributed by atoms with Crippen molar-refractivity contribution in [2.45, 2.75) is 32.6 Å². The SMILES string of the molecule is CCOc1ccc(NC(=O)N2CC(c3nc(C(C)C)no3)C2)cc1. The molecule has 3 rings (SSSR count). The van der Waals surface area contributed by atoms with E-state index in [1.54, 1.807) is 4.90 Å². The van der Waals surface area contributed by atoms with E-state index < -0.39 is 0 Å². The van der Waals surface area contributed by atoms with Crippen LogP contribution < -0.4 is 10.1 Å². The fraction of sp³-hybridized carbons (Fsp3) is 0.471. The Bertz CT molecular complexity index is 690. The number of nitrogens with one attached hydrogen (secondary N) is 1. The lowest BCUT2D eigenvalue weighted by Gasteiger charge is -2.36. The van der Waals surface area contributed by atoms with Crippen molar-refractivity contribution in [1.82, 2.24) is 15.0 Å². The van der Waals surface area contributed by atoms with Crippen LogP contribution in [0.3, 0.4) is 0 Å². The lowest BCUT2D eigenvalue weighted by atomic mass is 10.0. The highest BCUT2D eigenvalue weighted by Crippen LogP contribution is 2.27. The Morgan fingerprint density at radius 3 is 2.67 bits per heavy atom. The van der Waals surface area contributed by atoms with Gasteiger partial charge in [-0.25, -0.2) is 4.79 Å². The van der Waals surface area contributed by atoms with Gasteiger partial charge < -0.3 is 19.5 Å². The topological polar surface area (TPSA) is 80.5 Å². The molecule has 0 unspecified atom stereocenters. The van der Waals surface area contributed by atoms with Gasteiger partial charge in [0.1, 0.15) is 5.75 Å². The van der Waals surface area contributed by atoms with E-state index in [4.69, 9.17) is 9.26 Å². The fourth-order valence-corrected chi connectivity index (χ4v) is 2.45. The second-order valence-electron chi connectivity index (χ2n) is 6.13. The van der Waals surface area contributed by atoms with E-state index >= 15 is 0 Å². The summed E-state index contributed by atoms with van der Waals surface area (Å²) in [6.07, 6.45) is 0. The van der Waals surface area contributed by atoms with Crippen LogP contribution in [0.5, 0.6) is 5.75 Å². The van der Waals surface area contributed by atoms with Crippen LogP contribution in [0, 0.1) is 0 Å². The van der Waals surface area contributed by atoms with Crippen molar-refractivity contribution in [2.75, 3.05) is 25.0 Å². The molecular weight excluding hydrogens is 308 g/mol. The second kappa shape index (κ2) is 6.90. The third-order valence-corrected chi connectivity index (χ3v) is 3.91. The number of carbonyl (C=O) groups excluding carboxylic acids is 1. The van der Waals surface area contributed by atoms with Crippen LogP contribution in [0.4, 0.5) is 10.5 Å². The zero-order chi connectivity index (χ0) is 17.1. The van der Waals surface area contributed by atoms with Crippen molar-refractivity contribution >= 4 is 11.7 Å². The highest BCUT2D eigenvalue weighted by molar-refractivity contribution is 5.90. The molecule has 1 aromatic carbocycles. The first-order chi connectivity index (χ1) is 11.6. The first-order valence-electron chi connectivity index (χ1n) is 8.19. The standard InChI is InChI=1S/C17H22N4O3/c1-4-23-14-7-5-13(6-8-14)18-17(22)21-9-12(10-21)16-19-15(11(2)3)20-24-16/h5-8,11-12H,4,9-10H2,1-3H3,(H,18,22). The molecule has 2 heterocycles. The van der Waals surface area contributed by atoms with Gasteiger partial charge in [0.25, 0.3) is 0 Å². The van der Waals surface area contributed by atoms with Gasteiger partial charge >= 0.3 is 6.03 Å². The number of likely N-dealkylation sites (tertiary alicyclic amines) is 1. The number of anilines is 1. The molecule has 1 fully saturated rings. The van der Waals surface area contributed by atoms with Crippen LogP contribution in [-0.4, -0.2) is 40.8 Å². The fourth-order valence-electron chi connectivity index (χ4n) is 2.45. The monoisotopic (exact) mass is 330 g/mol. The summed E-state index contributed by atoms with van der Waals surface area (Å²) in [4.78, 5) is 18.3. The number of hydrogen-bond acceptors (Lipinski definition) is 5. The molecular formula is C17H22N4O3. The van der Waals surface area contributed by atoms with Crippen molar-refractivity contribution in [3.05, 3.63) is 36.0 Å². The normalized spacial score (nSPS) is 14.6. The quantitative estimate of drug-likeness (QED) is 0.910. The van der Waals surface area contributed by atoms with Gasteiger partial charge in [0.15, 0.2) is 5.82 Å². The molecule has 0 spiro atoms. The zero-order valence-electron chi connectivity index (χ0n) is 14.2. The minimum atomic E-state index is -0.126.